The standard InChI is InChI=1S/C15H10FN3S2.C2H6/c1-8-4-9-11(2-3-17-15(9)21-8)19-12-6-13-14(5-10(12)16)20-7-18-13;1-2/h2-7H,1H3,(H,17,19);1-2H3. The molecule has 0 radical (unpaired) electrons. The van der Waals surface area contributed by atoms with Crippen molar-refractivity contribution in [2.75, 3.05) is 5.32 Å². The maximum Gasteiger partial charge on any atom is 0.148 e. The topological polar surface area (TPSA) is 37.8 Å². The van der Waals surface area contributed by atoms with Crippen LogP contribution in [0.4, 0.5) is 15.8 Å². The molecule has 0 aliphatic rings. The molecule has 3 nitrogen and oxygen atoms in total. The van der Waals surface area contributed by atoms with Gasteiger partial charge < -0.3 is 5.32 Å². The zero-order chi connectivity index (χ0) is 16.4. The molecule has 0 atom stereocenters. The summed E-state index contributed by atoms with van der Waals surface area (Å²) < 4.78 is 15.0. The van der Waals surface area contributed by atoms with Crippen LogP contribution in [-0.4, -0.2) is 9.97 Å². The molecule has 0 amide bonds. The first-order valence-corrected chi connectivity index (χ1v) is 9.05. The second-order valence-corrected chi connectivity index (χ2v) is 6.83. The van der Waals surface area contributed by atoms with Gasteiger partial charge in [0.2, 0.25) is 0 Å². The number of hydrogen-bond acceptors (Lipinski definition) is 5. The van der Waals surface area contributed by atoms with Gasteiger partial charge in [-0.25, -0.2) is 14.4 Å². The number of benzene rings is 1. The largest absolute Gasteiger partial charge is 0.352 e. The molecular formula is C17H16FN3S2. The van der Waals surface area contributed by atoms with Crippen molar-refractivity contribution in [1.82, 2.24) is 9.97 Å². The van der Waals surface area contributed by atoms with Crippen molar-refractivity contribution >= 4 is 54.5 Å². The van der Waals surface area contributed by atoms with E-state index >= 15 is 0 Å². The summed E-state index contributed by atoms with van der Waals surface area (Å²) in [5.41, 5.74) is 3.82. The van der Waals surface area contributed by atoms with Crippen LogP contribution in [0.3, 0.4) is 0 Å². The number of pyridine rings is 1. The molecule has 0 aliphatic carbocycles. The Balaban J connectivity index is 0.000000753. The van der Waals surface area contributed by atoms with Crippen LogP contribution in [0.15, 0.2) is 36.0 Å². The van der Waals surface area contributed by atoms with Crippen LogP contribution < -0.4 is 5.32 Å². The lowest BCUT2D eigenvalue weighted by molar-refractivity contribution is 0.634. The van der Waals surface area contributed by atoms with Crippen LogP contribution in [-0.2, 0) is 0 Å². The molecule has 0 unspecified atom stereocenters. The molecule has 1 aromatic carbocycles. The van der Waals surface area contributed by atoms with Gasteiger partial charge in [-0.2, -0.15) is 0 Å². The first kappa shape index (κ1) is 15.8. The van der Waals surface area contributed by atoms with Gasteiger partial charge >= 0.3 is 0 Å². The SMILES string of the molecule is CC.Cc1cc2c(Nc3cc4ncsc4cc3F)ccnc2s1. The van der Waals surface area contributed by atoms with Crippen molar-refractivity contribution in [3.63, 3.8) is 0 Å². The van der Waals surface area contributed by atoms with E-state index in [4.69, 9.17) is 0 Å². The number of anilines is 2. The van der Waals surface area contributed by atoms with Crippen LogP contribution >= 0.6 is 22.7 Å². The predicted molar refractivity (Wildman–Crippen MR) is 98.6 cm³/mol. The quantitative estimate of drug-likeness (QED) is 0.475. The third-order valence-corrected chi connectivity index (χ3v) is 5.00. The molecule has 0 saturated heterocycles. The molecule has 3 aromatic heterocycles. The van der Waals surface area contributed by atoms with Gasteiger partial charge in [0.25, 0.3) is 0 Å². The Morgan fingerprint density at radius 3 is 2.74 bits per heavy atom. The van der Waals surface area contributed by atoms with Crippen molar-refractivity contribution in [3.8, 4) is 0 Å². The first-order chi connectivity index (χ1) is 11.2. The maximum atomic E-state index is 14.2. The molecule has 3 heterocycles. The number of aromatic nitrogens is 2. The highest BCUT2D eigenvalue weighted by Gasteiger charge is 2.10. The number of nitrogens with one attached hydrogen (secondary N) is 1. The van der Waals surface area contributed by atoms with Crippen molar-refractivity contribution in [2.45, 2.75) is 20.8 Å². The number of rotatable bonds is 2. The highest BCUT2D eigenvalue weighted by Crippen LogP contribution is 2.33. The molecule has 0 bridgehead atoms. The van der Waals surface area contributed by atoms with E-state index in [0.717, 1.165) is 26.1 Å². The smallest absolute Gasteiger partial charge is 0.148 e. The summed E-state index contributed by atoms with van der Waals surface area (Å²) in [4.78, 5) is 10.7. The Morgan fingerprint density at radius 1 is 1.09 bits per heavy atom. The van der Waals surface area contributed by atoms with Crippen molar-refractivity contribution in [2.24, 2.45) is 0 Å². The number of hydrogen-bond donors (Lipinski definition) is 1. The summed E-state index contributed by atoms with van der Waals surface area (Å²) in [7, 11) is 0. The van der Waals surface area contributed by atoms with Crippen LogP contribution in [0, 0.1) is 12.7 Å². The summed E-state index contributed by atoms with van der Waals surface area (Å²) in [6, 6.07) is 7.19. The highest BCUT2D eigenvalue weighted by atomic mass is 32.1. The number of halogens is 1. The predicted octanol–water partition coefficient (Wildman–Crippen LogP) is 6.12. The van der Waals surface area contributed by atoms with Gasteiger partial charge in [-0.3, -0.25) is 0 Å². The Morgan fingerprint density at radius 2 is 1.91 bits per heavy atom. The van der Waals surface area contributed by atoms with Gasteiger partial charge in [0.05, 0.1) is 27.1 Å². The molecule has 4 rings (SSSR count). The summed E-state index contributed by atoms with van der Waals surface area (Å²) in [6.07, 6.45) is 1.74. The van der Waals surface area contributed by atoms with E-state index in [9.17, 15) is 4.39 Å². The number of thiazole rings is 1. The number of thiophene rings is 1. The minimum absolute atomic E-state index is 0.274. The average molecular weight is 345 g/mol. The van der Waals surface area contributed by atoms with Crippen LogP contribution in [0.25, 0.3) is 20.4 Å². The normalized spacial score (nSPS) is 10.6. The fraction of sp³-hybridized carbons (Fsp3) is 0.176. The minimum Gasteiger partial charge on any atom is -0.352 e. The third-order valence-electron chi connectivity index (χ3n) is 3.25. The van der Waals surface area contributed by atoms with Gasteiger partial charge in [-0.05, 0) is 31.2 Å². The van der Waals surface area contributed by atoms with Crippen LogP contribution in [0.2, 0.25) is 0 Å². The Bertz CT molecular complexity index is 959. The molecule has 118 valence electrons. The van der Waals surface area contributed by atoms with E-state index in [2.05, 4.69) is 21.4 Å². The molecule has 0 aliphatic heterocycles. The molecule has 0 spiro atoms. The Labute approximate surface area is 141 Å². The summed E-state index contributed by atoms with van der Waals surface area (Å²) >= 11 is 3.06. The maximum absolute atomic E-state index is 14.2. The molecule has 0 saturated carbocycles. The Hall–Kier alpha value is -2.05. The number of aryl methyl sites for hydroxylation is 1. The zero-order valence-electron chi connectivity index (χ0n) is 13.1. The lowest BCUT2D eigenvalue weighted by Gasteiger charge is -2.08. The van der Waals surface area contributed by atoms with Gasteiger partial charge in [0, 0.05) is 16.5 Å². The molecule has 1 N–H and O–H groups in total. The highest BCUT2D eigenvalue weighted by molar-refractivity contribution is 7.18. The number of fused-ring (bicyclic) bond motifs is 2. The summed E-state index contributed by atoms with van der Waals surface area (Å²) in [5.74, 6) is -0.274. The van der Waals surface area contributed by atoms with E-state index in [0.29, 0.717) is 5.69 Å². The lowest BCUT2D eigenvalue weighted by Crippen LogP contribution is -1.94. The second kappa shape index (κ2) is 6.60. The fourth-order valence-electron chi connectivity index (χ4n) is 2.29. The third kappa shape index (κ3) is 3.04. The molecule has 23 heavy (non-hydrogen) atoms. The second-order valence-electron chi connectivity index (χ2n) is 4.71. The summed E-state index contributed by atoms with van der Waals surface area (Å²) in [6.45, 7) is 6.04. The Kier molecular flexibility index (Phi) is 4.54. The van der Waals surface area contributed by atoms with E-state index in [-0.39, 0.29) is 5.82 Å². The first-order valence-electron chi connectivity index (χ1n) is 7.35. The van der Waals surface area contributed by atoms with Gasteiger partial charge in [0.1, 0.15) is 10.6 Å². The van der Waals surface area contributed by atoms with E-state index < -0.39 is 0 Å². The van der Waals surface area contributed by atoms with Crippen molar-refractivity contribution < 1.29 is 4.39 Å². The molecular weight excluding hydrogens is 329 g/mol. The van der Waals surface area contributed by atoms with Gasteiger partial charge in [-0.15, -0.1) is 22.7 Å². The van der Waals surface area contributed by atoms with Gasteiger partial charge in [0.15, 0.2) is 0 Å². The van der Waals surface area contributed by atoms with Gasteiger partial charge in [-0.1, -0.05) is 13.8 Å². The average Bonchev–Trinajstić information content (AvgIpc) is 3.15. The van der Waals surface area contributed by atoms with Crippen LogP contribution in [0.5, 0.6) is 0 Å². The summed E-state index contributed by atoms with van der Waals surface area (Å²) in [5, 5.41) is 4.18. The molecule has 6 heteroatoms. The van der Waals surface area contributed by atoms with Crippen molar-refractivity contribution in [1.29, 1.82) is 0 Å². The number of nitrogens with zero attached hydrogens (tertiary/aromatic N) is 2. The minimum atomic E-state index is -0.274. The van der Waals surface area contributed by atoms with Crippen molar-refractivity contribution in [3.05, 3.63) is 46.7 Å². The fourth-order valence-corrected chi connectivity index (χ4v) is 3.85. The molecule has 4 aromatic rings. The van der Waals surface area contributed by atoms with E-state index in [1.165, 1.54) is 22.3 Å². The van der Waals surface area contributed by atoms with Crippen LogP contribution in [0.1, 0.15) is 18.7 Å². The van der Waals surface area contributed by atoms with E-state index in [1.807, 2.05) is 26.8 Å². The monoisotopic (exact) mass is 345 g/mol. The molecule has 0 fully saturated rings. The lowest BCUT2D eigenvalue weighted by atomic mass is 10.2. The van der Waals surface area contributed by atoms with E-state index in [1.54, 1.807) is 29.1 Å². The zero-order valence-corrected chi connectivity index (χ0v) is 14.7.